The highest BCUT2D eigenvalue weighted by molar-refractivity contribution is 6.30. The van der Waals surface area contributed by atoms with Gasteiger partial charge in [0.15, 0.2) is 0 Å². The second-order valence-corrected chi connectivity index (χ2v) is 8.94. The molecule has 0 radical (unpaired) electrons. The smallest absolute Gasteiger partial charge is 0.251 e. The Morgan fingerprint density at radius 2 is 1.50 bits per heavy atom. The van der Waals surface area contributed by atoms with E-state index in [0.29, 0.717) is 18.2 Å². The van der Waals surface area contributed by atoms with Crippen molar-refractivity contribution in [1.29, 1.82) is 0 Å². The molecule has 4 rings (SSSR count). The third-order valence-corrected chi connectivity index (χ3v) is 6.61. The molecule has 0 aliphatic carbocycles. The largest absolute Gasteiger partial charge is 0.352 e. The number of carbonyl (C=O) groups excluding carboxylic acids is 1. The van der Waals surface area contributed by atoms with Crippen LogP contribution in [0, 0.1) is 0 Å². The van der Waals surface area contributed by atoms with Crippen LogP contribution in [0.1, 0.15) is 53.7 Å². The van der Waals surface area contributed by atoms with Crippen molar-refractivity contribution >= 4 is 17.5 Å². The van der Waals surface area contributed by atoms with E-state index in [2.05, 4.69) is 41.4 Å². The Labute approximate surface area is 196 Å². The van der Waals surface area contributed by atoms with Gasteiger partial charge in [0.1, 0.15) is 0 Å². The standard InChI is InChI=1S/C28H31ClN2O/c1-2-27(31-19-3-4-20-31)24-7-5-21(6-8-24)17-18-30-28(32)25-11-9-22(10-12-25)23-13-15-26(29)16-14-23/h5-16,27H,2-4,17-20H2,1H3,(H,30,32). The summed E-state index contributed by atoms with van der Waals surface area (Å²) in [5, 5.41) is 3.76. The molecule has 1 atom stereocenters. The molecule has 3 aromatic carbocycles. The summed E-state index contributed by atoms with van der Waals surface area (Å²) < 4.78 is 0. The van der Waals surface area contributed by atoms with Gasteiger partial charge < -0.3 is 5.32 Å². The van der Waals surface area contributed by atoms with Crippen LogP contribution in [0.2, 0.25) is 5.02 Å². The van der Waals surface area contributed by atoms with Gasteiger partial charge in [0.25, 0.3) is 5.91 Å². The Balaban J connectivity index is 1.28. The van der Waals surface area contributed by atoms with Crippen molar-refractivity contribution < 1.29 is 4.79 Å². The predicted octanol–water partition coefficient (Wildman–Crippen LogP) is 6.53. The average Bonchev–Trinajstić information content (AvgIpc) is 3.36. The van der Waals surface area contributed by atoms with Crippen molar-refractivity contribution in [3.05, 3.63) is 94.5 Å². The van der Waals surface area contributed by atoms with E-state index in [4.69, 9.17) is 11.6 Å². The van der Waals surface area contributed by atoms with Crippen LogP contribution >= 0.6 is 11.6 Å². The van der Waals surface area contributed by atoms with Crippen molar-refractivity contribution in [2.24, 2.45) is 0 Å². The van der Waals surface area contributed by atoms with Crippen LogP contribution in [0.5, 0.6) is 0 Å². The van der Waals surface area contributed by atoms with Gasteiger partial charge in [0.2, 0.25) is 0 Å². The van der Waals surface area contributed by atoms with Gasteiger partial charge in [-0.3, -0.25) is 9.69 Å². The summed E-state index contributed by atoms with van der Waals surface area (Å²) in [6.07, 6.45) is 4.61. The van der Waals surface area contributed by atoms with Gasteiger partial charge in [-0.25, -0.2) is 0 Å². The van der Waals surface area contributed by atoms with E-state index in [1.807, 2.05) is 48.5 Å². The fourth-order valence-electron chi connectivity index (χ4n) is 4.54. The van der Waals surface area contributed by atoms with Crippen molar-refractivity contribution in [3.63, 3.8) is 0 Å². The SMILES string of the molecule is CCC(c1ccc(CCNC(=O)c2ccc(-c3ccc(Cl)cc3)cc2)cc1)N1CCCC1. The van der Waals surface area contributed by atoms with Gasteiger partial charge in [-0.15, -0.1) is 0 Å². The Hall–Kier alpha value is -2.62. The average molecular weight is 447 g/mol. The van der Waals surface area contributed by atoms with E-state index in [-0.39, 0.29) is 5.91 Å². The molecule has 3 nitrogen and oxygen atoms in total. The predicted molar refractivity (Wildman–Crippen MR) is 133 cm³/mol. The zero-order valence-corrected chi connectivity index (χ0v) is 19.4. The lowest BCUT2D eigenvalue weighted by Crippen LogP contribution is -2.26. The summed E-state index contributed by atoms with van der Waals surface area (Å²) in [5.74, 6) is -0.0376. The molecule has 0 aromatic heterocycles. The van der Waals surface area contributed by atoms with E-state index in [9.17, 15) is 4.79 Å². The van der Waals surface area contributed by atoms with Gasteiger partial charge in [-0.1, -0.05) is 67.1 Å². The van der Waals surface area contributed by atoms with Crippen molar-refractivity contribution in [2.45, 2.75) is 38.6 Å². The number of nitrogens with zero attached hydrogens (tertiary/aromatic N) is 1. The van der Waals surface area contributed by atoms with Gasteiger partial charge >= 0.3 is 0 Å². The number of hydrogen-bond donors (Lipinski definition) is 1. The van der Waals surface area contributed by atoms with Gasteiger partial charge in [-0.05, 0) is 85.3 Å². The molecular weight excluding hydrogens is 416 g/mol. The second-order valence-electron chi connectivity index (χ2n) is 8.50. The molecule has 1 saturated heterocycles. The van der Waals surface area contributed by atoms with Crippen molar-refractivity contribution in [3.8, 4) is 11.1 Å². The molecule has 1 aliphatic heterocycles. The first-order valence-electron chi connectivity index (χ1n) is 11.6. The highest BCUT2D eigenvalue weighted by atomic mass is 35.5. The molecule has 1 aliphatic rings. The number of carbonyl (C=O) groups is 1. The summed E-state index contributed by atoms with van der Waals surface area (Å²) in [6, 6.07) is 24.9. The molecule has 0 bridgehead atoms. The van der Waals surface area contributed by atoms with Crippen LogP contribution in [-0.2, 0) is 6.42 Å². The maximum atomic E-state index is 12.5. The van der Waals surface area contributed by atoms with E-state index < -0.39 is 0 Å². The summed E-state index contributed by atoms with van der Waals surface area (Å²) in [4.78, 5) is 15.1. The first kappa shape index (κ1) is 22.6. The van der Waals surface area contributed by atoms with Crippen LogP contribution in [0.25, 0.3) is 11.1 Å². The molecule has 3 aromatic rings. The lowest BCUT2D eigenvalue weighted by atomic mass is 10.0. The van der Waals surface area contributed by atoms with Crippen LogP contribution in [0.15, 0.2) is 72.8 Å². The number of likely N-dealkylation sites (tertiary alicyclic amines) is 1. The Kier molecular flexibility index (Phi) is 7.62. The third-order valence-electron chi connectivity index (χ3n) is 6.36. The first-order valence-corrected chi connectivity index (χ1v) is 12.0. The molecule has 1 fully saturated rings. The van der Waals surface area contributed by atoms with Crippen LogP contribution < -0.4 is 5.32 Å². The van der Waals surface area contributed by atoms with Gasteiger partial charge in [-0.2, -0.15) is 0 Å². The fraction of sp³-hybridized carbons (Fsp3) is 0.321. The minimum atomic E-state index is -0.0376. The maximum Gasteiger partial charge on any atom is 0.251 e. The quantitative estimate of drug-likeness (QED) is 0.426. The summed E-state index contributed by atoms with van der Waals surface area (Å²) in [6.45, 7) is 5.33. The molecule has 1 amide bonds. The third kappa shape index (κ3) is 5.59. The monoisotopic (exact) mass is 446 g/mol. The van der Waals surface area contributed by atoms with Crippen LogP contribution in [0.4, 0.5) is 0 Å². The Bertz CT molecular complexity index is 1010. The minimum Gasteiger partial charge on any atom is -0.352 e. The second kappa shape index (κ2) is 10.8. The fourth-order valence-corrected chi connectivity index (χ4v) is 4.67. The molecule has 1 N–H and O–H groups in total. The molecule has 0 spiro atoms. The van der Waals surface area contributed by atoms with Gasteiger partial charge in [0, 0.05) is 23.2 Å². The zero-order valence-electron chi connectivity index (χ0n) is 18.7. The topological polar surface area (TPSA) is 32.3 Å². The molecule has 4 heteroatoms. The molecule has 32 heavy (non-hydrogen) atoms. The van der Waals surface area contributed by atoms with E-state index in [1.165, 1.54) is 37.1 Å². The first-order chi connectivity index (χ1) is 15.6. The maximum absolute atomic E-state index is 12.5. The number of amides is 1. The number of nitrogens with one attached hydrogen (secondary N) is 1. The number of hydrogen-bond acceptors (Lipinski definition) is 2. The number of halogens is 1. The van der Waals surface area contributed by atoms with E-state index in [0.717, 1.165) is 29.0 Å². The molecule has 1 unspecified atom stereocenters. The Morgan fingerprint density at radius 1 is 0.906 bits per heavy atom. The number of rotatable bonds is 8. The normalized spacial score (nSPS) is 14.9. The van der Waals surface area contributed by atoms with E-state index in [1.54, 1.807) is 0 Å². The molecule has 1 heterocycles. The molecule has 166 valence electrons. The summed E-state index contributed by atoms with van der Waals surface area (Å²) in [7, 11) is 0. The van der Waals surface area contributed by atoms with Gasteiger partial charge in [0.05, 0.1) is 0 Å². The highest BCUT2D eigenvalue weighted by Gasteiger charge is 2.21. The molecule has 0 saturated carbocycles. The van der Waals surface area contributed by atoms with Crippen molar-refractivity contribution in [2.75, 3.05) is 19.6 Å². The lowest BCUT2D eigenvalue weighted by Gasteiger charge is -2.27. The van der Waals surface area contributed by atoms with Crippen molar-refractivity contribution in [1.82, 2.24) is 10.2 Å². The summed E-state index contributed by atoms with van der Waals surface area (Å²) in [5.41, 5.74) is 5.48. The van der Waals surface area contributed by atoms with Crippen LogP contribution in [-0.4, -0.2) is 30.4 Å². The summed E-state index contributed by atoms with van der Waals surface area (Å²) >= 11 is 5.96. The lowest BCUT2D eigenvalue weighted by molar-refractivity contribution is 0.0954. The Morgan fingerprint density at radius 3 is 2.09 bits per heavy atom. The number of benzene rings is 3. The highest BCUT2D eigenvalue weighted by Crippen LogP contribution is 2.28. The van der Waals surface area contributed by atoms with Crippen LogP contribution in [0.3, 0.4) is 0 Å². The minimum absolute atomic E-state index is 0.0376. The molecular formula is C28H31ClN2O. The van der Waals surface area contributed by atoms with E-state index >= 15 is 0 Å². The zero-order chi connectivity index (χ0) is 22.3.